The summed E-state index contributed by atoms with van der Waals surface area (Å²) >= 11 is 0. The molecule has 0 rings (SSSR count). The Balaban J connectivity index is 3.13. The van der Waals surface area contributed by atoms with Gasteiger partial charge in [-0.25, -0.2) is 0 Å². The van der Waals surface area contributed by atoms with Crippen LogP contribution in [-0.4, -0.2) is 24.3 Å². The fourth-order valence-corrected chi connectivity index (χ4v) is 3.65. The predicted molar refractivity (Wildman–Crippen MR) is 116 cm³/mol. The number of rotatable bonds is 21. The molecule has 0 aliphatic carbocycles. The van der Waals surface area contributed by atoms with Gasteiger partial charge in [-0.15, -0.1) is 0 Å². The van der Waals surface area contributed by atoms with Crippen LogP contribution >= 0.6 is 0 Å². The van der Waals surface area contributed by atoms with E-state index < -0.39 is 0 Å². The van der Waals surface area contributed by atoms with Crippen molar-refractivity contribution in [3.63, 3.8) is 0 Å². The lowest BCUT2D eigenvalue weighted by molar-refractivity contribution is -0.140. The van der Waals surface area contributed by atoms with Gasteiger partial charge in [0.15, 0.2) is 0 Å². The van der Waals surface area contributed by atoms with Crippen molar-refractivity contribution in [3.8, 4) is 0 Å². The Bertz CT molecular complexity index is 304. The van der Waals surface area contributed by atoms with E-state index in [1.807, 2.05) is 0 Å². The van der Waals surface area contributed by atoms with Crippen LogP contribution in [-0.2, 0) is 9.53 Å². The normalized spacial score (nSPS) is 12.3. The first kappa shape index (κ1) is 26.4. The van der Waals surface area contributed by atoms with Gasteiger partial charge in [0.1, 0.15) is 0 Å². The van der Waals surface area contributed by atoms with Crippen molar-refractivity contribution in [1.29, 1.82) is 0 Å². The summed E-state index contributed by atoms with van der Waals surface area (Å²) in [6.07, 6.45) is 24.2. The van der Waals surface area contributed by atoms with Crippen molar-refractivity contribution in [3.05, 3.63) is 0 Å². The number of hydrogen-bond acceptors (Lipinski definition) is 3. The summed E-state index contributed by atoms with van der Waals surface area (Å²) < 4.78 is 4.64. The highest BCUT2D eigenvalue weighted by atomic mass is 16.5. The van der Waals surface area contributed by atoms with E-state index in [-0.39, 0.29) is 12.1 Å². The highest BCUT2D eigenvalue weighted by Gasteiger charge is 2.03. The average Bonchev–Trinajstić information content (AvgIpc) is 2.67. The van der Waals surface area contributed by atoms with E-state index in [1.165, 1.54) is 103 Å². The smallest absolute Gasteiger partial charge is 0.305 e. The second kappa shape index (κ2) is 21.7. The van der Waals surface area contributed by atoms with Gasteiger partial charge in [-0.3, -0.25) is 4.79 Å². The largest absolute Gasteiger partial charge is 0.469 e. The SMILES string of the molecule is CCCCCCCC(O)CCCCCCCCCCCCCCC(=O)OC. The maximum absolute atomic E-state index is 11.0. The van der Waals surface area contributed by atoms with Crippen LogP contribution < -0.4 is 0 Å². The molecule has 1 unspecified atom stereocenters. The van der Waals surface area contributed by atoms with E-state index in [4.69, 9.17) is 0 Å². The second-order valence-corrected chi connectivity index (χ2v) is 8.21. The van der Waals surface area contributed by atoms with Crippen molar-refractivity contribution in [2.75, 3.05) is 7.11 Å². The number of methoxy groups -OCH3 is 1. The van der Waals surface area contributed by atoms with Gasteiger partial charge in [0.2, 0.25) is 0 Å². The Morgan fingerprint density at radius 1 is 0.667 bits per heavy atom. The molecule has 0 spiro atoms. The maximum atomic E-state index is 11.0. The summed E-state index contributed by atoms with van der Waals surface area (Å²) in [4.78, 5) is 11.0. The third-order valence-corrected chi connectivity index (χ3v) is 5.54. The van der Waals surface area contributed by atoms with Crippen molar-refractivity contribution < 1.29 is 14.6 Å². The number of carbonyl (C=O) groups is 1. The zero-order chi connectivity index (χ0) is 20.0. The Morgan fingerprint density at radius 2 is 1.04 bits per heavy atom. The summed E-state index contributed by atoms with van der Waals surface area (Å²) in [6.45, 7) is 2.24. The van der Waals surface area contributed by atoms with Gasteiger partial charge in [0.05, 0.1) is 13.2 Å². The Morgan fingerprint density at radius 3 is 1.44 bits per heavy atom. The molecule has 0 aliphatic rings. The van der Waals surface area contributed by atoms with Crippen molar-refractivity contribution >= 4 is 5.97 Å². The zero-order valence-electron chi connectivity index (χ0n) is 18.5. The number of aliphatic hydroxyl groups excluding tert-OH is 1. The number of carbonyl (C=O) groups excluding carboxylic acids is 1. The fraction of sp³-hybridized carbons (Fsp3) is 0.958. The third-order valence-electron chi connectivity index (χ3n) is 5.54. The number of ether oxygens (including phenoxy) is 1. The minimum absolute atomic E-state index is 0.0563. The molecule has 1 N–H and O–H groups in total. The molecule has 0 saturated heterocycles. The van der Waals surface area contributed by atoms with E-state index in [2.05, 4.69) is 11.7 Å². The molecule has 0 amide bonds. The highest BCUT2D eigenvalue weighted by Crippen LogP contribution is 2.15. The first-order valence-corrected chi connectivity index (χ1v) is 12.0. The summed E-state index contributed by atoms with van der Waals surface area (Å²) in [6, 6.07) is 0. The van der Waals surface area contributed by atoms with Crippen molar-refractivity contribution in [1.82, 2.24) is 0 Å². The summed E-state index contributed by atoms with van der Waals surface area (Å²) in [5, 5.41) is 10.00. The molecular formula is C24H48O3. The molecule has 1 atom stereocenters. The van der Waals surface area contributed by atoms with Crippen LogP contribution in [0.5, 0.6) is 0 Å². The van der Waals surface area contributed by atoms with E-state index >= 15 is 0 Å². The van der Waals surface area contributed by atoms with Gasteiger partial charge < -0.3 is 9.84 Å². The first-order chi connectivity index (χ1) is 13.2. The maximum Gasteiger partial charge on any atom is 0.305 e. The van der Waals surface area contributed by atoms with Crippen LogP contribution in [0, 0.1) is 0 Å². The molecule has 0 saturated carbocycles. The van der Waals surface area contributed by atoms with Crippen LogP contribution in [0.2, 0.25) is 0 Å². The second-order valence-electron chi connectivity index (χ2n) is 8.21. The summed E-state index contributed by atoms with van der Waals surface area (Å²) in [5.74, 6) is -0.0769. The molecule has 162 valence electrons. The first-order valence-electron chi connectivity index (χ1n) is 12.0. The molecule has 0 heterocycles. The molecular weight excluding hydrogens is 336 g/mol. The topological polar surface area (TPSA) is 46.5 Å². The minimum atomic E-state index is -0.0769. The summed E-state index contributed by atoms with van der Waals surface area (Å²) in [5.41, 5.74) is 0. The van der Waals surface area contributed by atoms with E-state index in [9.17, 15) is 9.90 Å². The van der Waals surface area contributed by atoms with Crippen LogP contribution in [0.3, 0.4) is 0 Å². The number of unbranched alkanes of at least 4 members (excludes halogenated alkanes) is 15. The Hall–Kier alpha value is -0.570. The lowest BCUT2D eigenvalue weighted by atomic mass is 10.0. The molecule has 0 aromatic heterocycles. The van der Waals surface area contributed by atoms with Crippen LogP contribution in [0.4, 0.5) is 0 Å². The van der Waals surface area contributed by atoms with E-state index in [0.29, 0.717) is 6.42 Å². The van der Waals surface area contributed by atoms with Gasteiger partial charge in [0.25, 0.3) is 0 Å². The fourth-order valence-electron chi connectivity index (χ4n) is 3.65. The number of hydrogen-bond donors (Lipinski definition) is 1. The zero-order valence-corrected chi connectivity index (χ0v) is 18.5. The molecule has 3 nitrogen and oxygen atoms in total. The molecule has 0 radical (unpaired) electrons. The van der Waals surface area contributed by atoms with E-state index in [0.717, 1.165) is 25.7 Å². The minimum Gasteiger partial charge on any atom is -0.469 e. The van der Waals surface area contributed by atoms with Gasteiger partial charge in [-0.2, -0.15) is 0 Å². The molecule has 0 fully saturated rings. The molecule has 0 aliphatic heterocycles. The number of esters is 1. The molecule has 0 bridgehead atoms. The lowest BCUT2D eigenvalue weighted by Gasteiger charge is -2.10. The monoisotopic (exact) mass is 384 g/mol. The van der Waals surface area contributed by atoms with Crippen LogP contribution in [0.1, 0.15) is 135 Å². The Labute approximate surface area is 169 Å². The van der Waals surface area contributed by atoms with Crippen molar-refractivity contribution in [2.24, 2.45) is 0 Å². The Kier molecular flexibility index (Phi) is 21.3. The predicted octanol–water partition coefficient (Wildman–Crippen LogP) is 7.34. The average molecular weight is 385 g/mol. The molecule has 3 heteroatoms. The van der Waals surface area contributed by atoms with Crippen LogP contribution in [0.25, 0.3) is 0 Å². The standard InChI is InChI=1S/C24H48O3/c1-3-4-5-14-17-20-23(25)21-18-15-12-10-8-6-7-9-11-13-16-19-22-24(26)27-2/h23,25H,3-22H2,1-2H3. The van der Waals surface area contributed by atoms with Gasteiger partial charge in [-0.05, 0) is 19.3 Å². The molecule has 0 aromatic carbocycles. The molecule has 0 aromatic rings. The van der Waals surface area contributed by atoms with Crippen molar-refractivity contribution in [2.45, 2.75) is 141 Å². The highest BCUT2D eigenvalue weighted by molar-refractivity contribution is 5.68. The van der Waals surface area contributed by atoms with Gasteiger partial charge in [-0.1, -0.05) is 110 Å². The van der Waals surface area contributed by atoms with Crippen LogP contribution in [0.15, 0.2) is 0 Å². The quantitative estimate of drug-likeness (QED) is 0.166. The molecule has 27 heavy (non-hydrogen) atoms. The van der Waals surface area contributed by atoms with Gasteiger partial charge >= 0.3 is 5.97 Å². The lowest BCUT2D eigenvalue weighted by Crippen LogP contribution is -2.05. The summed E-state index contributed by atoms with van der Waals surface area (Å²) in [7, 11) is 1.46. The van der Waals surface area contributed by atoms with Gasteiger partial charge in [0, 0.05) is 6.42 Å². The van der Waals surface area contributed by atoms with E-state index in [1.54, 1.807) is 0 Å². The third kappa shape index (κ3) is 21.6. The number of aliphatic hydroxyl groups is 1.